The second kappa shape index (κ2) is 6.19. The van der Waals surface area contributed by atoms with Crippen LogP contribution in [0.25, 0.3) is 21.7 Å². The fourth-order valence-electron chi connectivity index (χ4n) is 3.57. The zero-order valence-electron chi connectivity index (χ0n) is 13.8. The number of likely N-dealkylation sites (tertiary alicyclic amines) is 1. The van der Waals surface area contributed by atoms with Crippen LogP contribution in [0.3, 0.4) is 0 Å². The molecule has 3 aromatic rings. The number of carbonyl (C=O) groups is 1. The van der Waals surface area contributed by atoms with Crippen LogP contribution in [-0.2, 0) is 4.74 Å². The van der Waals surface area contributed by atoms with Crippen molar-refractivity contribution in [3.63, 3.8) is 0 Å². The molecule has 0 aliphatic carbocycles. The molecule has 2 aromatic carbocycles. The number of benzene rings is 2. The lowest BCUT2D eigenvalue weighted by molar-refractivity contribution is 0.0959. The molecule has 124 valence electrons. The molecule has 1 fully saturated rings. The Balaban J connectivity index is 1.57. The van der Waals surface area contributed by atoms with E-state index in [2.05, 4.69) is 42.5 Å². The van der Waals surface area contributed by atoms with Crippen LogP contribution in [0.5, 0.6) is 0 Å². The van der Waals surface area contributed by atoms with Crippen LogP contribution in [-0.4, -0.2) is 30.7 Å². The van der Waals surface area contributed by atoms with E-state index >= 15 is 0 Å². The third-order valence-corrected chi connectivity index (χ3v) is 4.87. The molecule has 1 aliphatic rings. The van der Waals surface area contributed by atoms with Crippen LogP contribution < -0.4 is 0 Å². The number of fused-ring (bicyclic) bond motifs is 3. The SMILES string of the molecule is CCOC(=O)N1CCC(c2cc3c(ccc4ccccc43)o2)CC1. The largest absolute Gasteiger partial charge is 0.461 e. The number of hydrogen-bond acceptors (Lipinski definition) is 3. The number of piperidine rings is 1. The van der Waals surface area contributed by atoms with Crippen molar-refractivity contribution < 1.29 is 13.9 Å². The summed E-state index contributed by atoms with van der Waals surface area (Å²) in [4.78, 5) is 13.6. The Kier molecular flexibility index (Phi) is 3.89. The molecule has 4 heteroatoms. The van der Waals surface area contributed by atoms with Crippen molar-refractivity contribution >= 4 is 27.8 Å². The van der Waals surface area contributed by atoms with Crippen molar-refractivity contribution in [1.29, 1.82) is 0 Å². The van der Waals surface area contributed by atoms with E-state index in [4.69, 9.17) is 9.15 Å². The second-order valence-corrected chi connectivity index (χ2v) is 6.31. The molecule has 1 saturated heterocycles. The van der Waals surface area contributed by atoms with Gasteiger partial charge in [-0.3, -0.25) is 0 Å². The molecular formula is C20H21NO3. The van der Waals surface area contributed by atoms with Crippen LogP contribution >= 0.6 is 0 Å². The predicted octanol–water partition coefficient (Wildman–Crippen LogP) is 4.92. The van der Waals surface area contributed by atoms with Gasteiger partial charge in [-0.15, -0.1) is 0 Å². The van der Waals surface area contributed by atoms with Gasteiger partial charge in [0.2, 0.25) is 0 Å². The molecule has 1 amide bonds. The minimum Gasteiger partial charge on any atom is -0.461 e. The van der Waals surface area contributed by atoms with E-state index in [1.54, 1.807) is 4.90 Å². The average molecular weight is 323 g/mol. The molecule has 2 heterocycles. The molecule has 1 aliphatic heterocycles. The first-order chi connectivity index (χ1) is 11.8. The van der Waals surface area contributed by atoms with Gasteiger partial charge in [-0.2, -0.15) is 0 Å². The van der Waals surface area contributed by atoms with Crippen LogP contribution in [0.1, 0.15) is 31.4 Å². The fourth-order valence-corrected chi connectivity index (χ4v) is 3.57. The van der Waals surface area contributed by atoms with Gasteiger partial charge in [0.25, 0.3) is 0 Å². The molecular weight excluding hydrogens is 302 g/mol. The molecule has 0 spiro atoms. The van der Waals surface area contributed by atoms with E-state index in [1.165, 1.54) is 16.2 Å². The van der Waals surface area contributed by atoms with Gasteiger partial charge in [-0.25, -0.2) is 4.79 Å². The Morgan fingerprint density at radius 2 is 1.96 bits per heavy atom. The molecule has 1 aromatic heterocycles. The minimum atomic E-state index is -0.202. The second-order valence-electron chi connectivity index (χ2n) is 6.31. The van der Waals surface area contributed by atoms with E-state index in [-0.39, 0.29) is 6.09 Å². The third-order valence-electron chi connectivity index (χ3n) is 4.87. The van der Waals surface area contributed by atoms with Crippen LogP contribution in [0.2, 0.25) is 0 Å². The fraction of sp³-hybridized carbons (Fsp3) is 0.350. The molecule has 24 heavy (non-hydrogen) atoms. The van der Waals surface area contributed by atoms with Crippen molar-refractivity contribution in [3.8, 4) is 0 Å². The highest BCUT2D eigenvalue weighted by atomic mass is 16.6. The smallest absolute Gasteiger partial charge is 0.409 e. The first kappa shape index (κ1) is 15.1. The third kappa shape index (κ3) is 2.62. The summed E-state index contributed by atoms with van der Waals surface area (Å²) in [5, 5.41) is 3.64. The lowest BCUT2D eigenvalue weighted by Crippen LogP contribution is -2.38. The van der Waals surface area contributed by atoms with E-state index < -0.39 is 0 Å². The molecule has 0 radical (unpaired) electrons. The maximum absolute atomic E-state index is 11.8. The number of nitrogens with zero attached hydrogens (tertiary/aromatic N) is 1. The minimum absolute atomic E-state index is 0.202. The van der Waals surface area contributed by atoms with E-state index in [0.29, 0.717) is 12.5 Å². The number of hydrogen-bond donors (Lipinski definition) is 0. The van der Waals surface area contributed by atoms with Gasteiger partial charge < -0.3 is 14.1 Å². The molecule has 4 rings (SSSR count). The molecule has 0 saturated carbocycles. The van der Waals surface area contributed by atoms with E-state index in [0.717, 1.165) is 37.3 Å². The topological polar surface area (TPSA) is 42.7 Å². The molecule has 0 N–H and O–H groups in total. The Labute approximate surface area is 141 Å². The number of carbonyl (C=O) groups excluding carboxylic acids is 1. The van der Waals surface area contributed by atoms with Crippen LogP contribution in [0, 0.1) is 0 Å². The Bertz CT molecular complexity index is 875. The Morgan fingerprint density at radius 3 is 2.75 bits per heavy atom. The summed E-state index contributed by atoms with van der Waals surface area (Å²) in [5.41, 5.74) is 0.941. The number of amides is 1. The van der Waals surface area contributed by atoms with Gasteiger partial charge >= 0.3 is 6.09 Å². The lowest BCUT2D eigenvalue weighted by Gasteiger charge is -2.30. The Hall–Kier alpha value is -2.49. The highest BCUT2D eigenvalue weighted by Gasteiger charge is 2.26. The van der Waals surface area contributed by atoms with Gasteiger partial charge in [-0.1, -0.05) is 30.3 Å². The maximum Gasteiger partial charge on any atom is 0.409 e. The zero-order valence-corrected chi connectivity index (χ0v) is 13.8. The van der Waals surface area contributed by atoms with Gasteiger partial charge in [0, 0.05) is 24.4 Å². The number of furan rings is 1. The first-order valence-electron chi connectivity index (χ1n) is 8.59. The van der Waals surface area contributed by atoms with Crippen molar-refractivity contribution in [3.05, 3.63) is 48.2 Å². The summed E-state index contributed by atoms with van der Waals surface area (Å²) >= 11 is 0. The Morgan fingerprint density at radius 1 is 1.17 bits per heavy atom. The quantitative estimate of drug-likeness (QED) is 0.672. The monoisotopic (exact) mass is 323 g/mol. The van der Waals surface area contributed by atoms with Gasteiger partial charge in [-0.05, 0) is 42.7 Å². The highest BCUT2D eigenvalue weighted by Crippen LogP contribution is 2.35. The maximum atomic E-state index is 11.8. The van der Waals surface area contributed by atoms with Crippen LogP contribution in [0.4, 0.5) is 4.79 Å². The van der Waals surface area contributed by atoms with Crippen molar-refractivity contribution in [2.75, 3.05) is 19.7 Å². The number of rotatable bonds is 2. The summed E-state index contributed by atoms with van der Waals surface area (Å²) in [6.45, 7) is 3.71. The molecule has 0 atom stereocenters. The highest BCUT2D eigenvalue weighted by molar-refractivity contribution is 6.05. The summed E-state index contributed by atoms with van der Waals surface area (Å²) in [7, 11) is 0. The zero-order chi connectivity index (χ0) is 16.5. The van der Waals surface area contributed by atoms with E-state index in [9.17, 15) is 4.79 Å². The normalized spacial score (nSPS) is 16.0. The standard InChI is InChI=1S/C20H21NO3/c1-2-23-20(22)21-11-9-15(10-12-21)19-13-17-16-6-4-3-5-14(16)7-8-18(17)24-19/h3-8,13,15H,2,9-12H2,1H3. The summed E-state index contributed by atoms with van der Waals surface area (Å²) in [6.07, 6.45) is 1.62. The van der Waals surface area contributed by atoms with Crippen LogP contribution in [0.15, 0.2) is 46.9 Å². The summed E-state index contributed by atoms with van der Waals surface area (Å²) in [5.74, 6) is 1.40. The van der Waals surface area contributed by atoms with Crippen molar-refractivity contribution in [2.45, 2.75) is 25.7 Å². The van der Waals surface area contributed by atoms with Crippen molar-refractivity contribution in [2.24, 2.45) is 0 Å². The average Bonchev–Trinajstić information content (AvgIpc) is 3.07. The molecule has 0 unspecified atom stereocenters. The summed E-state index contributed by atoms with van der Waals surface area (Å²) in [6, 6.07) is 14.7. The molecule has 4 nitrogen and oxygen atoms in total. The van der Waals surface area contributed by atoms with Gasteiger partial charge in [0.1, 0.15) is 11.3 Å². The van der Waals surface area contributed by atoms with E-state index in [1.807, 2.05) is 6.92 Å². The van der Waals surface area contributed by atoms with Crippen molar-refractivity contribution in [1.82, 2.24) is 4.90 Å². The molecule has 0 bridgehead atoms. The lowest BCUT2D eigenvalue weighted by atomic mass is 9.94. The first-order valence-corrected chi connectivity index (χ1v) is 8.59. The number of ether oxygens (including phenoxy) is 1. The summed E-state index contributed by atoms with van der Waals surface area (Å²) < 4.78 is 11.2. The van der Waals surface area contributed by atoms with Gasteiger partial charge in [0.05, 0.1) is 6.61 Å². The van der Waals surface area contributed by atoms with Gasteiger partial charge in [0.15, 0.2) is 0 Å². The predicted molar refractivity (Wildman–Crippen MR) is 94.3 cm³/mol.